The molecular formula is C61H75N5O19. The number of hydrogen-bond donors (Lipinski definition) is 11. The number of benzene rings is 3. The van der Waals surface area contributed by atoms with E-state index in [4.69, 9.17) is 55.1 Å². The van der Waals surface area contributed by atoms with Crippen molar-refractivity contribution in [3.05, 3.63) is 118 Å². The summed E-state index contributed by atoms with van der Waals surface area (Å²) in [6.45, 7) is 9.58. The standard InChI is InChI=1S/C53H63N5O7.2C4H6O6/c1-7-34-25-36-29-52(49(61)64-6,45-38(19-23-57(30-34)31-36)37-17-12-13-18-41(37)55-45)40-27-39-42(28-43(40)63-5)56(4)47-51(39)21-24-58-22-14-20-50(8-2,46(51)58)48(65-33(3)59)53(47,62)32-54-44(60)26-35-15-10-9-11-16-35;2*5-1(3(7)8)2(6)4(9)10/h9-18,20,25,27-28,36,46-48,55,62H,7-8,19,21-24,26,29-32H2,1-6H3,(H,54,60);2*1-2,5-6H,(H,7,8)(H,9,10)/t36-,46-,47+,48+,50+,51+,52-,53-;;/m0../s1. The number of nitrogens with one attached hydrogen (secondary N) is 2. The number of hydrogen-bond acceptors (Lipinski definition) is 18. The fourth-order valence-corrected chi connectivity index (χ4v) is 14.6. The summed E-state index contributed by atoms with van der Waals surface area (Å²) in [5, 5.41) is 83.2. The zero-order valence-electron chi connectivity index (χ0n) is 48.1. The number of nitrogens with zero attached hydrogens (tertiary/aromatic N) is 3. The van der Waals surface area contributed by atoms with E-state index in [1.54, 1.807) is 7.11 Å². The Morgan fingerprint density at radius 1 is 0.812 bits per heavy atom. The van der Waals surface area contributed by atoms with E-state index in [0.29, 0.717) is 31.6 Å². The van der Waals surface area contributed by atoms with Gasteiger partial charge in [0.05, 0.1) is 33.2 Å². The van der Waals surface area contributed by atoms with Crippen LogP contribution in [0, 0.1) is 11.3 Å². The van der Waals surface area contributed by atoms with E-state index >= 15 is 4.79 Å². The Morgan fingerprint density at radius 3 is 2.01 bits per heavy atom. The van der Waals surface area contributed by atoms with Gasteiger partial charge in [-0.25, -0.2) is 19.2 Å². The third kappa shape index (κ3) is 11.3. The number of amides is 1. The molecule has 1 amide bonds. The highest BCUT2D eigenvalue weighted by Gasteiger charge is 2.78. The van der Waals surface area contributed by atoms with E-state index in [9.17, 15) is 33.9 Å². The largest absolute Gasteiger partial charge is 0.496 e. The molecule has 3 aromatic carbocycles. The quantitative estimate of drug-likeness (QED) is 0.0562. The van der Waals surface area contributed by atoms with Gasteiger partial charge in [-0.05, 0) is 73.4 Å². The van der Waals surface area contributed by atoms with Crippen molar-refractivity contribution >= 4 is 58.3 Å². The molecule has 5 aliphatic heterocycles. The second-order valence-electron chi connectivity index (χ2n) is 22.7. The maximum Gasteiger partial charge on any atom is 0.335 e. The van der Waals surface area contributed by atoms with Crippen LogP contribution in [0.5, 0.6) is 5.75 Å². The lowest BCUT2D eigenvalue weighted by molar-refractivity contribution is -0.217. The number of aliphatic carboxylic acids is 4. The molecular weight excluding hydrogens is 1110 g/mol. The minimum atomic E-state index is -2.27. The third-order valence-corrected chi connectivity index (χ3v) is 18.0. The van der Waals surface area contributed by atoms with Gasteiger partial charge in [0.2, 0.25) is 5.91 Å². The molecule has 4 aromatic rings. The summed E-state index contributed by atoms with van der Waals surface area (Å²) >= 11 is 0. The molecule has 1 aromatic heterocycles. The Labute approximate surface area is 489 Å². The predicted molar refractivity (Wildman–Crippen MR) is 305 cm³/mol. The maximum atomic E-state index is 15.5. The number of carbonyl (C=O) groups excluding carboxylic acids is 3. The van der Waals surface area contributed by atoms with Gasteiger partial charge >= 0.3 is 35.8 Å². The second-order valence-corrected chi connectivity index (χ2v) is 22.7. The zero-order chi connectivity index (χ0) is 62.1. The smallest absolute Gasteiger partial charge is 0.335 e. The summed E-state index contributed by atoms with van der Waals surface area (Å²) in [6.07, 6.45) is 0.159. The number of aliphatic hydroxyl groups is 5. The van der Waals surface area contributed by atoms with Crippen LogP contribution in [0.25, 0.3) is 10.9 Å². The fourth-order valence-electron chi connectivity index (χ4n) is 14.6. The first-order chi connectivity index (χ1) is 40.3. The number of esters is 2. The first-order valence-electron chi connectivity index (χ1n) is 28.1. The predicted octanol–water partition coefficient (Wildman–Crippen LogP) is 1.74. The molecule has 10 rings (SSSR count). The van der Waals surface area contributed by atoms with Crippen molar-refractivity contribution in [3.8, 4) is 5.75 Å². The van der Waals surface area contributed by atoms with Crippen LogP contribution in [-0.4, -0.2) is 211 Å². The molecule has 24 heteroatoms. The van der Waals surface area contributed by atoms with Gasteiger partial charge in [-0.2, -0.15) is 0 Å². The molecule has 2 fully saturated rings. The van der Waals surface area contributed by atoms with E-state index in [2.05, 4.69) is 87.4 Å². The number of ether oxygens (including phenoxy) is 3. The van der Waals surface area contributed by atoms with Crippen molar-refractivity contribution < 1.29 is 93.7 Å². The van der Waals surface area contributed by atoms with Crippen LogP contribution in [-0.2, 0) is 66.7 Å². The number of fused-ring (bicyclic) bond motifs is 6. The summed E-state index contributed by atoms with van der Waals surface area (Å²) in [4.78, 5) is 92.7. The summed E-state index contributed by atoms with van der Waals surface area (Å²) in [5.41, 5.74) is 3.02. The summed E-state index contributed by atoms with van der Waals surface area (Å²) in [7, 11) is 5.15. The molecule has 24 nitrogen and oxygen atoms in total. The number of likely N-dealkylation sites (N-methyl/N-ethyl adjacent to an activating group) is 1. The molecule has 13 atom stereocenters. The molecule has 1 spiro atoms. The lowest BCUT2D eigenvalue weighted by atomic mass is 9.47. The summed E-state index contributed by atoms with van der Waals surface area (Å²) in [5.74, 6) is -7.59. The van der Waals surface area contributed by atoms with Crippen LogP contribution in [0.2, 0.25) is 0 Å². The molecule has 2 bridgehead atoms. The number of aromatic nitrogens is 1. The van der Waals surface area contributed by atoms with Crippen LogP contribution in [0.15, 0.2) is 90.5 Å². The fraction of sp³-hybridized carbons (Fsp3) is 0.492. The Bertz CT molecular complexity index is 3200. The number of H-pyrrole nitrogens is 1. The van der Waals surface area contributed by atoms with E-state index in [1.807, 2.05) is 43.4 Å². The van der Waals surface area contributed by atoms with Crippen molar-refractivity contribution in [2.75, 3.05) is 65.4 Å². The average molecular weight is 1180 g/mol. The molecule has 6 heterocycles. The number of rotatable bonds is 16. The first-order valence-corrected chi connectivity index (χ1v) is 28.1. The van der Waals surface area contributed by atoms with E-state index in [-0.39, 0.29) is 36.8 Å². The Morgan fingerprint density at radius 2 is 1.44 bits per heavy atom. The summed E-state index contributed by atoms with van der Waals surface area (Å²) in [6, 6.07) is 21.3. The second kappa shape index (κ2) is 25.1. The first kappa shape index (κ1) is 63.3. The normalized spacial score (nSPS) is 28.3. The molecule has 6 aliphatic rings. The highest BCUT2D eigenvalue weighted by Crippen LogP contribution is 2.68. The highest BCUT2D eigenvalue weighted by atomic mass is 16.6. The number of carbonyl (C=O) groups is 7. The molecule has 11 N–H and O–H groups in total. The van der Waals surface area contributed by atoms with Gasteiger partial charge in [0, 0.05) is 90.9 Å². The van der Waals surface area contributed by atoms with E-state index in [0.717, 1.165) is 83.6 Å². The Hall–Kier alpha value is -7.71. The lowest BCUT2D eigenvalue weighted by Gasteiger charge is -2.64. The van der Waals surface area contributed by atoms with Crippen molar-refractivity contribution in [1.82, 2.24) is 20.1 Å². The van der Waals surface area contributed by atoms with Gasteiger partial charge in [0.15, 0.2) is 24.4 Å². The van der Waals surface area contributed by atoms with Crippen molar-refractivity contribution in [2.45, 2.75) is 118 Å². The van der Waals surface area contributed by atoms with Gasteiger partial charge in [-0.1, -0.05) is 86.2 Å². The molecule has 458 valence electrons. The van der Waals surface area contributed by atoms with Gasteiger partial charge in [-0.3, -0.25) is 24.2 Å². The van der Waals surface area contributed by atoms with Crippen LogP contribution in [0.1, 0.15) is 74.4 Å². The van der Waals surface area contributed by atoms with Crippen molar-refractivity contribution in [1.29, 1.82) is 0 Å². The highest BCUT2D eigenvalue weighted by molar-refractivity contribution is 5.94. The minimum absolute atomic E-state index is 0.0312. The lowest BCUT2D eigenvalue weighted by Crippen LogP contribution is -2.81. The van der Waals surface area contributed by atoms with Gasteiger partial charge in [0.1, 0.15) is 22.9 Å². The number of para-hydroxylation sites is 1. The maximum absolute atomic E-state index is 15.5. The number of methoxy groups -OCH3 is 2. The van der Waals surface area contributed by atoms with E-state index < -0.39 is 88.3 Å². The SMILES string of the molecule is CCC1=C[C@@H]2CN(CCc3c([nH]c4ccccc34)[C@@](C(=O)OC)(c3cc4c(cc3OC)N(C)[C@H]3[C@@](O)(CNC(=O)Cc5ccccc5)[C@H](OC(C)=O)[C@]5(CC)C=CCN6CC[C@]43[C@@H]65)C2)C1.O=C(O)C(O)C(O)C(=O)O.O=C(O)C(O)C(O)C(=O)O. The molecule has 85 heavy (non-hydrogen) atoms. The van der Waals surface area contributed by atoms with Crippen molar-refractivity contribution in [2.24, 2.45) is 11.3 Å². The topological polar surface area (TPSA) is 367 Å². The Kier molecular flexibility index (Phi) is 18.7. The zero-order valence-corrected chi connectivity index (χ0v) is 48.1. The summed E-state index contributed by atoms with van der Waals surface area (Å²) < 4.78 is 19.0. The minimum Gasteiger partial charge on any atom is -0.496 e. The number of aromatic amines is 1. The number of anilines is 1. The Balaban J connectivity index is 0.000000403. The van der Waals surface area contributed by atoms with Crippen LogP contribution in [0.4, 0.5) is 5.69 Å². The monoisotopic (exact) mass is 1180 g/mol. The number of aliphatic hydroxyl groups excluding tert-OH is 4. The van der Waals surface area contributed by atoms with E-state index in [1.165, 1.54) is 19.6 Å². The number of carboxylic acid groups (broad SMARTS) is 4. The third-order valence-electron chi connectivity index (χ3n) is 18.0. The van der Waals surface area contributed by atoms with Crippen LogP contribution in [0.3, 0.4) is 0 Å². The molecule has 0 radical (unpaired) electrons. The molecule has 5 unspecified atom stereocenters. The van der Waals surface area contributed by atoms with Gasteiger partial charge in [-0.15, -0.1) is 0 Å². The van der Waals surface area contributed by atoms with Crippen LogP contribution < -0.4 is 15.0 Å². The average Bonchev–Trinajstić information content (AvgIpc) is 1.53. The van der Waals surface area contributed by atoms with Crippen LogP contribution >= 0.6 is 0 Å². The van der Waals surface area contributed by atoms with Gasteiger partial charge in [0.25, 0.3) is 0 Å². The molecule has 1 saturated heterocycles. The molecule has 1 saturated carbocycles. The van der Waals surface area contributed by atoms with Crippen molar-refractivity contribution in [3.63, 3.8) is 0 Å². The number of carboxylic acids is 4. The molecule has 1 aliphatic carbocycles. The van der Waals surface area contributed by atoms with Gasteiger partial charge < -0.3 is 75.4 Å².